The second kappa shape index (κ2) is 15.7. The Bertz CT molecular complexity index is 945. The molecule has 0 unspecified atom stereocenters. The van der Waals surface area contributed by atoms with Crippen molar-refractivity contribution in [3.8, 4) is 11.5 Å². The van der Waals surface area contributed by atoms with Crippen LogP contribution in [-0.4, -0.2) is 61.6 Å². The SMILES string of the molecule is COC(=O)O[C@](Cc1ccc(OC(=O)OCCC(C)C)c(OC(=O)OCCC(C)C)c1)(NC(C)C)C(=O)O. The summed E-state index contributed by atoms with van der Waals surface area (Å²) in [6.07, 6.45) is -2.43. The van der Waals surface area contributed by atoms with E-state index in [2.05, 4.69) is 10.1 Å². The number of methoxy groups -OCH3 is 1. The lowest BCUT2D eigenvalue weighted by Gasteiger charge is -2.31. The zero-order valence-corrected chi connectivity index (χ0v) is 23.0. The number of aliphatic carboxylic acids is 1. The van der Waals surface area contributed by atoms with Gasteiger partial charge in [0, 0.05) is 12.5 Å². The standard InChI is InChI=1S/C26H39NO11/c1-16(2)10-12-34-24(31)36-20-9-8-19(14-21(20)37-25(32)35-13-11-17(3)4)15-26(22(28)29,27-18(5)6)38-23(30)33-7/h8-9,14,16-18,27H,10-13,15H2,1-7H3,(H,28,29)/t26-/m0/s1. The van der Waals surface area contributed by atoms with E-state index in [1.807, 2.05) is 27.7 Å². The Morgan fingerprint density at radius 3 is 1.82 bits per heavy atom. The van der Waals surface area contributed by atoms with Crippen molar-refractivity contribution in [1.29, 1.82) is 0 Å². The second-order valence-corrected chi connectivity index (χ2v) is 9.71. The third-order valence-electron chi connectivity index (χ3n) is 4.97. The van der Waals surface area contributed by atoms with Crippen LogP contribution in [0, 0.1) is 11.8 Å². The molecule has 0 radical (unpaired) electrons. The molecule has 12 heteroatoms. The molecule has 38 heavy (non-hydrogen) atoms. The highest BCUT2D eigenvalue weighted by Crippen LogP contribution is 2.31. The molecule has 1 atom stereocenters. The van der Waals surface area contributed by atoms with Crippen molar-refractivity contribution in [2.24, 2.45) is 11.8 Å². The number of hydrogen-bond acceptors (Lipinski definition) is 11. The summed E-state index contributed by atoms with van der Waals surface area (Å²) in [5.41, 5.74) is -1.95. The topological polar surface area (TPSA) is 156 Å². The molecule has 0 saturated heterocycles. The molecule has 0 spiro atoms. The number of hydrogen-bond donors (Lipinski definition) is 2. The number of carboxylic acid groups (broad SMARTS) is 1. The number of carbonyl (C=O) groups is 4. The van der Waals surface area contributed by atoms with Gasteiger partial charge < -0.3 is 33.5 Å². The Hall–Kier alpha value is -3.54. The highest BCUT2D eigenvalue weighted by molar-refractivity contribution is 5.80. The van der Waals surface area contributed by atoms with Crippen molar-refractivity contribution in [2.45, 2.75) is 72.6 Å². The van der Waals surface area contributed by atoms with Gasteiger partial charge in [0.05, 0.1) is 20.3 Å². The summed E-state index contributed by atoms with van der Waals surface area (Å²) in [7, 11) is 1.05. The molecule has 0 aliphatic carbocycles. The van der Waals surface area contributed by atoms with E-state index < -0.39 is 42.6 Å². The number of nitrogens with one attached hydrogen (secondary N) is 1. The fourth-order valence-corrected chi connectivity index (χ4v) is 3.06. The maximum absolute atomic E-state index is 12.3. The van der Waals surface area contributed by atoms with Crippen LogP contribution in [0.3, 0.4) is 0 Å². The van der Waals surface area contributed by atoms with Crippen LogP contribution >= 0.6 is 0 Å². The van der Waals surface area contributed by atoms with Crippen molar-refractivity contribution in [3.63, 3.8) is 0 Å². The normalized spacial score (nSPS) is 12.6. The monoisotopic (exact) mass is 541 g/mol. The van der Waals surface area contributed by atoms with E-state index in [0.717, 1.165) is 7.11 Å². The molecule has 0 fully saturated rings. The molecule has 0 aliphatic rings. The van der Waals surface area contributed by atoms with Gasteiger partial charge in [0.1, 0.15) is 0 Å². The van der Waals surface area contributed by atoms with Gasteiger partial charge in [-0.15, -0.1) is 0 Å². The molecule has 2 N–H and O–H groups in total. The van der Waals surface area contributed by atoms with Crippen molar-refractivity contribution in [2.75, 3.05) is 20.3 Å². The Kier molecular flexibility index (Phi) is 13.4. The molecule has 0 aliphatic heterocycles. The van der Waals surface area contributed by atoms with Crippen molar-refractivity contribution in [1.82, 2.24) is 5.32 Å². The van der Waals surface area contributed by atoms with Gasteiger partial charge in [-0.25, -0.2) is 19.2 Å². The molecule has 12 nitrogen and oxygen atoms in total. The highest BCUT2D eigenvalue weighted by atomic mass is 16.8. The smallest absolute Gasteiger partial charge is 0.477 e. The van der Waals surface area contributed by atoms with E-state index >= 15 is 0 Å². The Labute approximate surface area is 222 Å². The van der Waals surface area contributed by atoms with Gasteiger partial charge in [-0.05, 0) is 56.2 Å². The fourth-order valence-electron chi connectivity index (χ4n) is 3.06. The van der Waals surface area contributed by atoms with Crippen LogP contribution in [0.25, 0.3) is 0 Å². The van der Waals surface area contributed by atoms with E-state index in [4.69, 9.17) is 23.7 Å². The number of carbonyl (C=O) groups excluding carboxylic acids is 3. The van der Waals surface area contributed by atoms with Gasteiger partial charge in [-0.1, -0.05) is 33.8 Å². The Balaban J connectivity index is 3.29. The summed E-state index contributed by atoms with van der Waals surface area (Å²) in [5, 5.41) is 12.7. The largest absolute Gasteiger partial charge is 0.513 e. The lowest BCUT2D eigenvalue weighted by Crippen LogP contribution is -2.59. The lowest BCUT2D eigenvalue weighted by molar-refractivity contribution is -0.166. The minimum absolute atomic E-state index is 0.108. The number of rotatable bonds is 14. The molecule has 0 amide bonds. The van der Waals surface area contributed by atoms with Gasteiger partial charge in [0.25, 0.3) is 5.72 Å². The molecule has 0 aromatic heterocycles. The molecule has 214 valence electrons. The third-order valence-corrected chi connectivity index (χ3v) is 4.97. The predicted octanol–water partition coefficient (Wildman–Crippen LogP) is 4.91. The quantitative estimate of drug-likeness (QED) is 0.142. The second-order valence-electron chi connectivity index (χ2n) is 9.71. The first-order chi connectivity index (χ1) is 17.8. The van der Waals surface area contributed by atoms with Crippen LogP contribution in [0.15, 0.2) is 18.2 Å². The van der Waals surface area contributed by atoms with Crippen LogP contribution in [-0.2, 0) is 30.2 Å². The summed E-state index contributed by atoms with van der Waals surface area (Å²) in [5.74, 6) is -1.27. The molecular weight excluding hydrogens is 502 g/mol. The highest BCUT2D eigenvalue weighted by Gasteiger charge is 2.44. The van der Waals surface area contributed by atoms with Gasteiger partial charge in [-0.3, -0.25) is 5.32 Å². The molecule has 1 aromatic carbocycles. The van der Waals surface area contributed by atoms with Crippen molar-refractivity contribution >= 4 is 24.4 Å². The van der Waals surface area contributed by atoms with Gasteiger partial charge in [0.2, 0.25) is 0 Å². The molecule has 0 bridgehead atoms. The first-order valence-electron chi connectivity index (χ1n) is 12.4. The van der Waals surface area contributed by atoms with Crippen LogP contribution in [0.4, 0.5) is 14.4 Å². The number of carboxylic acids is 1. The lowest BCUT2D eigenvalue weighted by atomic mass is 10.0. The fraction of sp³-hybridized carbons (Fsp3) is 0.615. The van der Waals surface area contributed by atoms with Gasteiger partial charge in [-0.2, -0.15) is 0 Å². The molecule has 0 heterocycles. The Morgan fingerprint density at radius 1 is 0.842 bits per heavy atom. The summed E-state index contributed by atoms with van der Waals surface area (Å²) in [6, 6.07) is 3.59. The van der Waals surface area contributed by atoms with E-state index in [1.165, 1.54) is 18.2 Å². The average molecular weight is 542 g/mol. The maximum atomic E-state index is 12.3. The summed E-state index contributed by atoms with van der Waals surface area (Å²) < 4.78 is 30.2. The minimum atomic E-state index is -2.21. The molecule has 1 rings (SSSR count). The summed E-state index contributed by atoms with van der Waals surface area (Å²) in [4.78, 5) is 48.6. The number of ether oxygens (including phenoxy) is 6. The zero-order chi connectivity index (χ0) is 28.9. The van der Waals surface area contributed by atoms with E-state index in [-0.39, 0.29) is 36.2 Å². The molecular formula is C26H39NO11. The summed E-state index contributed by atoms with van der Waals surface area (Å²) in [6.45, 7) is 11.4. The molecule has 0 saturated carbocycles. The minimum Gasteiger partial charge on any atom is -0.477 e. The third kappa shape index (κ3) is 11.7. The van der Waals surface area contributed by atoms with Crippen LogP contribution in [0.2, 0.25) is 0 Å². The van der Waals surface area contributed by atoms with Crippen LogP contribution < -0.4 is 14.8 Å². The van der Waals surface area contributed by atoms with Crippen LogP contribution in [0.1, 0.15) is 59.9 Å². The van der Waals surface area contributed by atoms with Crippen LogP contribution in [0.5, 0.6) is 11.5 Å². The first-order valence-corrected chi connectivity index (χ1v) is 12.4. The molecule has 1 aromatic rings. The Morgan fingerprint density at radius 2 is 1.37 bits per heavy atom. The van der Waals surface area contributed by atoms with E-state index in [9.17, 15) is 24.3 Å². The maximum Gasteiger partial charge on any atom is 0.513 e. The average Bonchev–Trinajstić information content (AvgIpc) is 2.79. The first kappa shape index (κ1) is 32.5. The van der Waals surface area contributed by atoms with Gasteiger partial charge in [0.15, 0.2) is 11.5 Å². The number of benzene rings is 1. The van der Waals surface area contributed by atoms with Crippen molar-refractivity contribution < 1.29 is 52.7 Å². The predicted molar refractivity (Wildman–Crippen MR) is 135 cm³/mol. The zero-order valence-electron chi connectivity index (χ0n) is 23.0. The van der Waals surface area contributed by atoms with Gasteiger partial charge >= 0.3 is 24.4 Å². The summed E-state index contributed by atoms with van der Waals surface area (Å²) >= 11 is 0. The van der Waals surface area contributed by atoms with Crippen molar-refractivity contribution in [3.05, 3.63) is 23.8 Å². The van der Waals surface area contributed by atoms with E-state index in [1.54, 1.807) is 13.8 Å². The van der Waals surface area contributed by atoms with E-state index in [0.29, 0.717) is 18.8 Å².